The third-order valence-corrected chi connectivity index (χ3v) is 3.65. The number of carbonyl (C=O) groups excluding carboxylic acids is 1. The topological polar surface area (TPSA) is 71.2 Å². The number of carbonyl (C=O) groups is 1. The van der Waals surface area contributed by atoms with E-state index in [2.05, 4.69) is 10.3 Å². The molecule has 24 heavy (non-hydrogen) atoms. The predicted molar refractivity (Wildman–Crippen MR) is 89.6 cm³/mol. The van der Waals surface area contributed by atoms with E-state index in [1.54, 1.807) is 34.1 Å². The second-order valence-corrected chi connectivity index (χ2v) is 5.33. The predicted octanol–water partition coefficient (Wildman–Crippen LogP) is 1.90. The van der Waals surface area contributed by atoms with Crippen LogP contribution in [0.2, 0.25) is 0 Å². The molecule has 1 amide bonds. The maximum atomic E-state index is 12.8. The van der Waals surface area contributed by atoms with Gasteiger partial charge >= 0.3 is 0 Å². The molecule has 2 aromatic carbocycles. The lowest BCUT2D eigenvalue weighted by molar-refractivity contribution is 0.0708. The fourth-order valence-electron chi connectivity index (χ4n) is 2.49. The minimum atomic E-state index is -0.130. The largest absolute Gasteiger partial charge is 0.395 e. The first-order chi connectivity index (χ1) is 11.8. The molecule has 0 saturated heterocycles. The van der Waals surface area contributed by atoms with Crippen molar-refractivity contribution in [2.45, 2.75) is 6.54 Å². The minimum Gasteiger partial charge on any atom is -0.395 e. The van der Waals surface area contributed by atoms with Gasteiger partial charge in [-0.05, 0) is 23.8 Å². The number of hydrogen-bond acceptors (Lipinski definition) is 4. The molecule has 0 spiro atoms. The molecule has 3 rings (SSSR count). The molecule has 0 aliphatic heterocycles. The van der Waals surface area contributed by atoms with Crippen LogP contribution in [0.1, 0.15) is 15.9 Å². The number of rotatable bonds is 6. The van der Waals surface area contributed by atoms with Crippen LogP contribution < -0.4 is 0 Å². The Morgan fingerprint density at radius 3 is 2.67 bits per heavy atom. The SMILES string of the molecule is O=C(c1cccc(-n2ccnn2)c1)N(CCO)Cc1ccccc1. The molecule has 1 N–H and O–H groups in total. The summed E-state index contributed by atoms with van der Waals surface area (Å²) in [4.78, 5) is 14.5. The minimum absolute atomic E-state index is 0.0820. The lowest BCUT2D eigenvalue weighted by Gasteiger charge is -2.22. The van der Waals surface area contributed by atoms with E-state index in [0.29, 0.717) is 12.1 Å². The lowest BCUT2D eigenvalue weighted by Crippen LogP contribution is -2.33. The van der Waals surface area contributed by atoms with Crippen LogP contribution in [0, 0.1) is 0 Å². The highest BCUT2D eigenvalue weighted by molar-refractivity contribution is 5.94. The van der Waals surface area contributed by atoms with Gasteiger partial charge in [-0.25, -0.2) is 4.68 Å². The molecule has 0 bridgehead atoms. The Morgan fingerprint density at radius 1 is 1.12 bits per heavy atom. The molecule has 1 aromatic heterocycles. The lowest BCUT2D eigenvalue weighted by atomic mass is 10.1. The molecule has 0 aliphatic carbocycles. The van der Waals surface area contributed by atoms with Crippen molar-refractivity contribution in [3.05, 3.63) is 78.1 Å². The molecule has 122 valence electrons. The van der Waals surface area contributed by atoms with E-state index in [1.807, 2.05) is 42.5 Å². The zero-order valence-corrected chi connectivity index (χ0v) is 13.1. The molecule has 0 fully saturated rings. The molecule has 6 nitrogen and oxygen atoms in total. The van der Waals surface area contributed by atoms with Crippen molar-refractivity contribution in [1.82, 2.24) is 19.9 Å². The Morgan fingerprint density at radius 2 is 1.96 bits per heavy atom. The number of hydrogen-bond donors (Lipinski definition) is 1. The maximum absolute atomic E-state index is 12.8. The van der Waals surface area contributed by atoms with Gasteiger partial charge < -0.3 is 10.0 Å². The van der Waals surface area contributed by atoms with Crippen LogP contribution in [0.5, 0.6) is 0 Å². The van der Waals surface area contributed by atoms with Crippen LogP contribution >= 0.6 is 0 Å². The monoisotopic (exact) mass is 322 g/mol. The normalized spacial score (nSPS) is 10.5. The van der Waals surface area contributed by atoms with Crippen molar-refractivity contribution in [3.8, 4) is 5.69 Å². The van der Waals surface area contributed by atoms with Crippen molar-refractivity contribution >= 4 is 5.91 Å². The summed E-state index contributed by atoms with van der Waals surface area (Å²) in [7, 11) is 0. The third kappa shape index (κ3) is 3.67. The first-order valence-electron chi connectivity index (χ1n) is 7.69. The van der Waals surface area contributed by atoms with Gasteiger partial charge in [0.2, 0.25) is 0 Å². The Hall–Kier alpha value is -2.99. The summed E-state index contributed by atoms with van der Waals surface area (Å²) in [5, 5.41) is 17.0. The van der Waals surface area contributed by atoms with Gasteiger partial charge in [0.15, 0.2) is 0 Å². The van der Waals surface area contributed by atoms with Gasteiger partial charge in [0.1, 0.15) is 0 Å². The fraction of sp³-hybridized carbons (Fsp3) is 0.167. The first kappa shape index (κ1) is 15.9. The van der Waals surface area contributed by atoms with Crippen LogP contribution in [0.15, 0.2) is 67.0 Å². The molecule has 1 heterocycles. The van der Waals surface area contributed by atoms with Gasteiger partial charge in [-0.1, -0.05) is 41.6 Å². The van der Waals surface area contributed by atoms with E-state index >= 15 is 0 Å². The number of amides is 1. The second kappa shape index (κ2) is 7.52. The highest BCUT2D eigenvalue weighted by atomic mass is 16.3. The first-order valence-corrected chi connectivity index (χ1v) is 7.69. The average Bonchev–Trinajstić information content (AvgIpc) is 3.16. The van der Waals surface area contributed by atoms with Gasteiger partial charge in [-0.15, -0.1) is 5.10 Å². The highest BCUT2D eigenvalue weighted by Gasteiger charge is 2.16. The maximum Gasteiger partial charge on any atom is 0.254 e. The van der Waals surface area contributed by atoms with E-state index in [4.69, 9.17) is 0 Å². The van der Waals surface area contributed by atoms with E-state index < -0.39 is 0 Å². The number of nitrogens with zero attached hydrogens (tertiary/aromatic N) is 4. The van der Waals surface area contributed by atoms with E-state index in [0.717, 1.165) is 11.3 Å². The molecule has 0 saturated carbocycles. The Kier molecular flexibility index (Phi) is 4.98. The van der Waals surface area contributed by atoms with Gasteiger partial charge in [-0.3, -0.25) is 4.79 Å². The Bertz CT molecular complexity index is 788. The van der Waals surface area contributed by atoms with Gasteiger partial charge in [0.05, 0.1) is 24.7 Å². The molecule has 0 atom stereocenters. The van der Waals surface area contributed by atoms with E-state index in [9.17, 15) is 9.90 Å². The number of aliphatic hydroxyl groups is 1. The van der Waals surface area contributed by atoms with Crippen molar-refractivity contribution in [2.24, 2.45) is 0 Å². The van der Waals surface area contributed by atoms with E-state index in [1.165, 1.54) is 0 Å². The zero-order chi connectivity index (χ0) is 16.8. The summed E-state index contributed by atoms with van der Waals surface area (Å²) in [5.41, 5.74) is 2.33. The summed E-state index contributed by atoms with van der Waals surface area (Å²) in [5.74, 6) is -0.130. The van der Waals surface area contributed by atoms with Crippen LogP contribution in [0.25, 0.3) is 5.69 Å². The summed E-state index contributed by atoms with van der Waals surface area (Å²) in [6.45, 7) is 0.649. The summed E-state index contributed by atoms with van der Waals surface area (Å²) >= 11 is 0. The van der Waals surface area contributed by atoms with Crippen molar-refractivity contribution in [3.63, 3.8) is 0 Å². The Balaban J connectivity index is 1.83. The molecule has 0 aliphatic rings. The molecule has 0 unspecified atom stereocenters. The molecular weight excluding hydrogens is 304 g/mol. The average molecular weight is 322 g/mol. The number of benzene rings is 2. The highest BCUT2D eigenvalue weighted by Crippen LogP contribution is 2.14. The van der Waals surface area contributed by atoms with Gasteiger partial charge in [0, 0.05) is 18.7 Å². The second-order valence-electron chi connectivity index (χ2n) is 5.33. The quantitative estimate of drug-likeness (QED) is 0.752. The zero-order valence-electron chi connectivity index (χ0n) is 13.1. The third-order valence-electron chi connectivity index (χ3n) is 3.65. The van der Waals surface area contributed by atoms with Crippen LogP contribution in [0.4, 0.5) is 0 Å². The van der Waals surface area contributed by atoms with Crippen molar-refractivity contribution < 1.29 is 9.90 Å². The van der Waals surface area contributed by atoms with Gasteiger partial charge in [-0.2, -0.15) is 0 Å². The molecule has 6 heteroatoms. The Labute approximate surface area is 140 Å². The van der Waals surface area contributed by atoms with Crippen LogP contribution in [-0.4, -0.2) is 44.1 Å². The standard InChI is InChI=1S/C18H18N4O2/c23-12-11-21(14-15-5-2-1-3-6-15)18(24)16-7-4-8-17(13-16)22-10-9-19-20-22/h1-10,13,23H,11-12,14H2. The van der Waals surface area contributed by atoms with Gasteiger partial charge in [0.25, 0.3) is 5.91 Å². The fourth-order valence-corrected chi connectivity index (χ4v) is 2.49. The van der Waals surface area contributed by atoms with Crippen molar-refractivity contribution in [1.29, 1.82) is 0 Å². The summed E-state index contributed by atoms with van der Waals surface area (Å²) in [6.07, 6.45) is 3.31. The molecule has 3 aromatic rings. The number of aliphatic hydroxyl groups excluding tert-OH is 1. The van der Waals surface area contributed by atoms with Crippen LogP contribution in [0.3, 0.4) is 0 Å². The summed E-state index contributed by atoms with van der Waals surface area (Å²) < 4.78 is 1.60. The number of aromatic nitrogens is 3. The smallest absolute Gasteiger partial charge is 0.254 e. The van der Waals surface area contributed by atoms with E-state index in [-0.39, 0.29) is 19.1 Å². The molecular formula is C18H18N4O2. The molecule has 0 radical (unpaired) electrons. The van der Waals surface area contributed by atoms with Crippen molar-refractivity contribution in [2.75, 3.05) is 13.2 Å². The summed E-state index contributed by atoms with van der Waals surface area (Å²) in [6, 6.07) is 16.9. The van der Waals surface area contributed by atoms with Crippen LogP contribution in [-0.2, 0) is 6.54 Å².